The van der Waals surface area contributed by atoms with Gasteiger partial charge in [-0.15, -0.1) is 0 Å². The highest BCUT2D eigenvalue weighted by Gasteiger charge is 2.15. The lowest BCUT2D eigenvalue weighted by Crippen LogP contribution is -2.30. The molecule has 8 heteroatoms. The van der Waals surface area contributed by atoms with Crippen LogP contribution in [-0.2, 0) is 11.3 Å². The van der Waals surface area contributed by atoms with E-state index >= 15 is 0 Å². The Morgan fingerprint density at radius 3 is 2.74 bits per heavy atom. The average molecular weight is 384 g/mol. The van der Waals surface area contributed by atoms with Gasteiger partial charge in [0.05, 0.1) is 13.2 Å². The summed E-state index contributed by atoms with van der Waals surface area (Å²) in [6, 6.07) is 13.9. The molecule has 1 unspecified atom stereocenters. The van der Waals surface area contributed by atoms with Crippen molar-refractivity contribution in [3.63, 3.8) is 0 Å². The average Bonchev–Trinajstić information content (AvgIpc) is 3.02. The molecule has 1 atom stereocenters. The van der Waals surface area contributed by atoms with Gasteiger partial charge >= 0.3 is 0 Å². The predicted molar refractivity (Wildman–Crippen MR) is 104 cm³/mol. The number of rotatable bonds is 6. The van der Waals surface area contributed by atoms with E-state index < -0.39 is 0 Å². The Morgan fingerprint density at radius 2 is 2.07 bits per heavy atom. The second-order valence-corrected chi connectivity index (χ2v) is 6.44. The molecule has 0 aliphatic rings. The summed E-state index contributed by atoms with van der Waals surface area (Å²) < 4.78 is 7.16. The van der Waals surface area contributed by atoms with E-state index in [0.717, 1.165) is 16.9 Å². The van der Waals surface area contributed by atoms with Crippen LogP contribution < -0.4 is 10.1 Å². The van der Waals surface area contributed by atoms with Gasteiger partial charge in [0.15, 0.2) is 10.6 Å². The molecule has 3 aromatic rings. The molecule has 1 heterocycles. The molecule has 140 valence electrons. The first-order chi connectivity index (χ1) is 13.0. The van der Waals surface area contributed by atoms with Crippen molar-refractivity contribution in [3.05, 3.63) is 58.9 Å². The van der Waals surface area contributed by atoms with Crippen LogP contribution in [-0.4, -0.2) is 32.9 Å². The van der Waals surface area contributed by atoms with Crippen molar-refractivity contribution in [3.8, 4) is 22.9 Å². The predicted octanol–water partition coefficient (Wildman–Crippen LogP) is 3.20. The first-order valence-corrected chi connectivity index (χ1v) is 8.76. The van der Waals surface area contributed by atoms with E-state index in [1.807, 2.05) is 37.3 Å². The molecule has 0 bridgehead atoms. The highest BCUT2D eigenvalue weighted by Crippen LogP contribution is 2.21. The zero-order chi connectivity index (χ0) is 19.4. The van der Waals surface area contributed by atoms with Crippen LogP contribution in [0.25, 0.3) is 11.4 Å². The number of phenols is 1. The number of nitrogens with zero attached hydrogens (tertiary/aromatic N) is 2. The molecule has 1 aromatic heterocycles. The molecule has 0 radical (unpaired) electrons. The minimum Gasteiger partial charge on any atom is -0.508 e. The Balaban J connectivity index is 1.76. The second kappa shape index (κ2) is 8.05. The van der Waals surface area contributed by atoms with Crippen LogP contribution in [0.4, 0.5) is 0 Å². The number of H-pyrrole nitrogens is 1. The number of amides is 1. The number of aromatic amines is 1. The first-order valence-electron chi connectivity index (χ1n) is 8.36. The summed E-state index contributed by atoms with van der Waals surface area (Å²) in [7, 11) is 1.60. The summed E-state index contributed by atoms with van der Waals surface area (Å²) in [5.41, 5.74) is 1.63. The third-order valence-electron chi connectivity index (χ3n) is 4.16. The van der Waals surface area contributed by atoms with E-state index in [1.54, 1.807) is 29.9 Å². The van der Waals surface area contributed by atoms with Crippen molar-refractivity contribution in [2.24, 2.45) is 0 Å². The molecule has 2 aromatic carbocycles. The fourth-order valence-electron chi connectivity index (χ4n) is 2.73. The number of carbonyl (C=O) groups is 1. The largest absolute Gasteiger partial charge is 0.508 e. The summed E-state index contributed by atoms with van der Waals surface area (Å²) in [6.07, 6.45) is 0. The molecule has 7 nitrogen and oxygen atoms in total. The zero-order valence-electron chi connectivity index (χ0n) is 15.0. The van der Waals surface area contributed by atoms with E-state index in [9.17, 15) is 9.90 Å². The number of aromatic nitrogens is 3. The SMILES string of the molecule is COc1ccc(-c2n[nH]c(=S)n2CC(=O)NC(C)c2cccc(O)c2)cc1. The quantitative estimate of drug-likeness (QED) is 0.568. The van der Waals surface area contributed by atoms with Crippen molar-refractivity contribution < 1.29 is 14.6 Å². The van der Waals surface area contributed by atoms with Gasteiger partial charge in [-0.25, -0.2) is 0 Å². The van der Waals surface area contributed by atoms with E-state index in [0.29, 0.717) is 10.6 Å². The van der Waals surface area contributed by atoms with Gasteiger partial charge in [0.25, 0.3) is 0 Å². The van der Waals surface area contributed by atoms with Crippen LogP contribution >= 0.6 is 12.2 Å². The van der Waals surface area contributed by atoms with Gasteiger partial charge in [-0.2, -0.15) is 5.10 Å². The first kappa shape index (κ1) is 18.7. The normalized spacial score (nSPS) is 11.8. The van der Waals surface area contributed by atoms with Gasteiger partial charge in [-0.05, 0) is 61.1 Å². The Labute approximate surface area is 161 Å². The lowest BCUT2D eigenvalue weighted by molar-refractivity contribution is -0.122. The van der Waals surface area contributed by atoms with Crippen molar-refractivity contribution in [2.75, 3.05) is 7.11 Å². The number of ether oxygens (including phenoxy) is 1. The number of aromatic hydroxyl groups is 1. The number of hydrogen-bond acceptors (Lipinski definition) is 5. The molecule has 0 aliphatic carbocycles. The summed E-state index contributed by atoms with van der Waals surface area (Å²) in [5, 5.41) is 19.5. The summed E-state index contributed by atoms with van der Waals surface area (Å²) in [5.74, 6) is 1.26. The molecule has 0 spiro atoms. The van der Waals surface area contributed by atoms with Gasteiger partial charge in [0.2, 0.25) is 5.91 Å². The third kappa shape index (κ3) is 4.35. The smallest absolute Gasteiger partial charge is 0.240 e. The molecular weight excluding hydrogens is 364 g/mol. The number of methoxy groups -OCH3 is 1. The van der Waals surface area contributed by atoms with Crippen LogP contribution in [0.5, 0.6) is 11.5 Å². The van der Waals surface area contributed by atoms with Crippen LogP contribution in [0.1, 0.15) is 18.5 Å². The number of nitrogens with one attached hydrogen (secondary N) is 2. The molecular formula is C19H20N4O3S. The van der Waals surface area contributed by atoms with E-state index in [2.05, 4.69) is 15.5 Å². The Morgan fingerprint density at radius 1 is 1.33 bits per heavy atom. The van der Waals surface area contributed by atoms with E-state index in [-0.39, 0.29) is 24.2 Å². The summed E-state index contributed by atoms with van der Waals surface area (Å²) >= 11 is 5.27. The van der Waals surface area contributed by atoms with Crippen molar-refractivity contribution in [2.45, 2.75) is 19.5 Å². The third-order valence-corrected chi connectivity index (χ3v) is 4.47. The second-order valence-electron chi connectivity index (χ2n) is 6.05. The Bertz CT molecular complexity index is 995. The molecule has 27 heavy (non-hydrogen) atoms. The van der Waals surface area contributed by atoms with E-state index in [4.69, 9.17) is 17.0 Å². The summed E-state index contributed by atoms with van der Waals surface area (Å²) in [4.78, 5) is 12.5. The maximum Gasteiger partial charge on any atom is 0.240 e. The molecule has 3 N–H and O–H groups in total. The monoisotopic (exact) mass is 384 g/mol. The molecule has 0 saturated carbocycles. The Hall–Kier alpha value is -3.13. The van der Waals surface area contributed by atoms with Crippen molar-refractivity contribution >= 4 is 18.1 Å². The Kier molecular flexibility index (Phi) is 5.56. The topological polar surface area (TPSA) is 92.2 Å². The standard InChI is InChI=1S/C19H20N4O3S/c1-12(14-4-3-5-15(24)10-14)20-17(25)11-23-18(21-22-19(23)27)13-6-8-16(26-2)9-7-13/h3-10,12,24H,11H2,1-2H3,(H,20,25)(H,22,27). The van der Waals surface area contributed by atoms with Crippen LogP contribution in [0, 0.1) is 4.77 Å². The number of phenolic OH excluding ortho intramolecular Hbond substituents is 1. The molecule has 0 saturated heterocycles. The maximum atomic E-state index is 12.5. The highest BCUT2D eigenvalue weighted by molar-refractivity contribution is 7.71. The lowest BCUT2D eigenvalue weighted by atomic mass is 10.1. The fourth-order valence-corrected chi connectivity index (χ4v) is 2.93. The molecule has 0 aliphatic heterocycles. The van der Waals surface area contributed by atoms with Gasteiger partial charge in [-0.3, -0.25) is 14.5 Å². The maximum absolute atomic E-state index is 12.5. The zero-order valence-corrected chi connectivity index (χ0v) is 15.8. The lowest BCUT2D eigenvalue weighted by Gasteiger charge is -2.15. The van der Waals surface area contributed by atoms with Crippen LogP contribution in [0.15, 0.2) is 48.5 Å². The van der Waals surface area contributed by atoms with Gasteiger partial charge < -0.3 is 15.2 Å². The van der Waals surface area contributed by atoms with Gasteiger partial charge in [0.1, 0.15) is 18.0 Å². The van der Waals surface area contributed by atoms with Gasteiger partial charge in [-0.1, -0.05) is 12.1 Å². The molecule has 1 amide bonds. The van der Waals surface area contributed by atoms with Crippen molar-refractivity contribution in [1.82, 2.24) is 20.1 Å². The molecule has 0 fully saturated rings. The van der Waals surface area contributed by atoms with E-state index in [1.165, 1.54) is 0 Å². The summed E-state index contributed by atoms with van der Waals surface area (Å²) in [6.45, 7) is 1.88. The molecule has 3 rings (SSSR count). The number of benzene rings is 2. The highest BCUT2D eigenvalue weighted by atomic mass is 32.1. The minimum absolute atomic E-state index is 0.0276. The fraction of sp³-hybridized carbons (Fsp3) is 0.211. The minimum atomic E-state index is -0.255. The number of hydrogen-bond donors (Lipinski definition) is 3. The number of carbonyl (C=O) groups excluding carboxylic acids is 1. The van der Waals surface area contributed by atoms with Gasteiger partial charge in [0, 0.05) is 5.56 Å². The van der Waals surface area contributed by atoms with Crippen LogP contribution in [0.2, 0.25) is 0 Å². The van der Waals surface area contributed by atoms with Crippen LogP contribution in [0.3, 0.4) is 0 Å². The van der Waals surface area contributed by atoms with Crippen molar-refractivity contribution in [1.29, 1.82) is 0 Å².